The van der Waals surface area contributed by atoms with Crippen molar-refractivity contribution in [1.29, 1.82) is 0 Å². The van der Waals surface area contributed by atoms with Gasteiger partial charge in [-0.15, -0.1) is 21.8 Å². The largest absolute Gasteiger partial charge is 0.283 e. The van der Waals surface area contributed by atoms with Crippen LogP contribution in [0.5, 0.6) is 0 Å². The minimum atomic E-state index is 0.322. The fourth-order valence-electron chi connectivity index (χ4n) is 1.22. The SMILES string of the molecule is Cc1nnc2c(SC(C)CCl)nccn12. The molecule has 0 radical (unpaired) electrons. The molecule has 0 N–H and O–H groups in total. The van der Waals surface area contributed by atoms with Gasteiger partial charge in [0, 0.05) is 23.5 Å². The van der Waals surface area contributed by atoms with Crippen molar-refractivity contribution in [3.63, 3.8) is 0 Å². The van der Waals surface area contributed by atoms with Gasteiger partial charge in [0.1, 0.15) is 10.9 Å². The van der Waals surface area contributed by atoms with Crippen molar-refractivity contribution in [2.45, 2.75) is 24.1 Å². The zero-order valence-electron chi connectivity index (χ0n) is 8.51. The summed E-state index contributed by atoms with van der Waals surface area (Å²) in [5.74, 6) is 1.47. The van der Waals surface area contributed by atoms with E-state index in [1.54, 1.807) is 18.0 Å². The Balaban J connectivity index is 2.43. The number of alkyl halides is 1. The summed E-state index contributed by atoms with van der Waals surface area (Å²) in [6, 6.07) is 0. The van der Waals surface area contributed by atoms with E-state index in [1.807, 2.05) is 17.5 Å². The lowest BCUT2D eigenvalue weighted by molar-refractivity contribution is 0.984. The summed E-state index contributed by atoms with van der Waals surface area (Å²) in [5.41, 5.74) is 0.803. The van der Waals surface area contributed by atoms with Crippen LogP contribution < -0.4 is 0 Å². The van der Waals surface area contributed by atoms with Crippen LogP contribution in [0.25, 0.3) is 5.65 Å². The molecule has 1 atom stereocenters. The van der Waals surface area contributed by atoms with Crippen molar-refractivity contribution < 1.29 is 0 Å². The third-order valence-corrected chi connectivity index (χ3v) is 3.72. The van der Waals surface area contributed by atoms with Crippen LogP contribution in [0, 0.1) is 6.92 Å². The van der Waals surface area contributed by atoms with Crippen LogP contribution >= 0.6 is 23.4 Å². The molecule has 2 heterocycles. The maximum atomic E-state index is 5.77. The van der Waals surface area contributed by atoms with Gasteiger partial charge in [-0.25, -0.2) is 4.98 Å². The Morgan fingerprint density at radius 2 is 2.33 bits per heavy atom. The molecule has 2 aromatic heterocycles. The first kappa shape index (κ1) is 10.7. The lowest BCUT2D eigenvalue weighted by atomic mass is 10.6. The first-order valence-corrected chi connectivity index (χ1v) is 6.02. The van der Waals surface area contributed by atoms with Crippen molar-refractivity contribution in [2.24, 2.45) is 0 Å². The average Bonchev–Trinajstić information content (AvgIpc) is 2.62. The highest BCUT2D eigenvalue weighted by molar-refractivity contribution is 8.00. The first-order valence-electron chi connectivity index (χ1n) is 4.61. The van der Waals surface area contributed by atoms with Gasteiger partial charge < -0.3 is 0 Å². The van der Waals surface area contributed by atoms with E-state index < -0.39 is 0 Å². The van der Waals surface area contributed by atoms with Gasteiger partial charge in [-0.1, -0.05) is 18.7 Å². The number of hydrogen-bond donors (Lipinski definition) is 0. The van der Waals surface area contributed by atoms with Crippen molar-refractivity contribution in [2.75, 3.05) is 5.88 Å². The topological polar surface area (TPSA) is 43.1 Å². The number of thioether (sulfide) groups is 1. The molecule has 0 fully saturated rings. The molecular formula is C9H11ClN4S. The highest BCUT2D eigenvalue weighted by Gasteiger charge is 2.11. The second kappa shape index (κ2) is 4.37. The Morgan fingerprint density at radius 1 is 1.53 bits per heavy atom. The molecule has 2 rings (SSSR count). The standard InChI is InChI=1S/C9H11ClN4S/c1-6(5-10)15-9-8-13-12-7(2)14(8)4-3-11-9/h3-4,6H,5H2,1-2H3. The van der Waals surface area contributed by atoms with Crippen molar-refractivity contribution in [3.05, 3.63) is 18.2 Å². The molecule has 0 amide bonds. The Bertz CT molecular complexity index is 470. The number of aromatic nitrogens is 4. The Hall–Kier alpha value is -0.810. The predicted molar refractivity (Wildman–Crippen MR) is 61.6 cm³/mol. The second-order valence-corrected chi connectivity index (χ2v) is 4.99. The zero-order chi connectivity index (χ0) is 10.8. The summed E-state index contributed by atoms with van der Waals surface area (Å²) in [6.45, 7) is 3.98. The monoisotopic (exact) mass is 242 g/mol. The summed E-state index contributed by atoms with van der Waals surface area (Å²) >= 11 is 7.39. The molecule has 4 nitrogen and oxygen atoms in total. The van der Waals surface area contributed by atoms with Gasteiger partial charge >= 0.3 is 0 Å². The quantitative estimate of drug-likeness (QED) is 0.611. The first-order chi connectivity index (χ1) is 7.22. The lowest BCUT2D eigenvalue weighted by Gasteiger charge is -2.06. The molecule has 0 aliphatic heterocycles. The third-order valence-electron chi connectivity index (χ3n) is 2.00. The van der Waals surface area contributed by atoms with Crippen LogP contribution in [0.1, 0.15) is 12.7 Å². The molecule has 0 saturated carbocycles. The van der Waals surface area contributed by atoms with Crippen molar-refractivity contribution in [1.82, 2.24) is 19.6 Å². The molecule has 15 heavy (non-hydrogen) atoms. The molecular weight excluding hydrogens is 232 g/mol. The minimum absolute atomic E-state index is 0.322. The van der Waals surface area contributed by atoms with Gasteiger partial charge in [0.15, 0.2) is 5.65 Å². The van der Waals surface area contributed by atoms with E-state index in [0.29, 0.717) is 11.1 Å². The predicted octanol–water partition coefficient (Wildman–Crippen LogP) is 2.15. The molecule has 1 unspecified atom stereocenters. The molecule has 0 aliphatic carbocycles. The number of hydrogen-bond acceptors (Lipinski definition) is 4. The number of halogens is 1. The lowest BCUT2D eigenvalue weighted by Crippen LogP contribution is -1.99. The van der Waals surface area contributed by atoms with E-state index in [-0.39, 0.29) is 0 Å². The normalized spacial score (nSPS) is 13.3. The van der Waals surface area contributed by atoms with E-state index in [4.69, 9.17) is 11.6 Å². The Kier molecular flexibility index (Phi) is 3.11. The highest BCUT2D eigenvalue weighted by atomic mass is 35.5. The zero-order valence-corrected chi connectivity index (χ0v) is 10.1. The van der Waals surface area contributed by atoms with Gasteiger partial charge in [-0.3, -0.25) is 4.40 Å². The van der Waals surface area contributed by atoms with E-state index in [9.17, 15) is 0 Å². The van der Waals surface area contributed by atoms with Gasteiger partial charge in [0.25, 0.3) is 0 Å². The smallest absolute Gasteiger partial charge is 0.193 e. The maximum absolute atomic E-state index is 5.77. The Morgan fingerprint density at radius 3 is 3.07 bits per heavy atom. The van der Waals surface area contributed by atoms with Gasteiger partial charge in [0.2, 0.25) is 0 Å². The van der Waals surface area contributed by atoms with Gasteiger partial charge in [0.05, 0.1) is 0 Å². The van der Waals surface area contributed by atoms with Crippen LogP contribution in [0.15, 0.2) is 17.4 Å². The van der Waals surface area contributed by atoms with Crippen LogP contribution in [0.3, 0.4) is 0 Å². The minimum Gasteiger partial charge on any atom is -0.283 e. The van der Waals surface area contributed by atoms with Crippen molar-refractivity contribution >= 4 is 29.0 Å². The highest BCUT2D eigenvalue weighted by Crippen LogP contribution is 2.24. The van der Waals surface area contributed by atoms with Crippen LogP contribution in [-0.4, -0.2) is 30.7 Å². The number of nitrogens with zero attached hydrogens (tertiary/aromatic N) is 4. The van der Waals surface area contributed by atoms with E-state index in [0.717, 1.165) is 16.5 Å². The molecule has 0 aliphatic rings. The summed E-state index contributed by atoms with van der Waals surface area (Å²) in [4.78, 5) is 4.29. The van der Waals surface area contributed by atoms with E-state index in [2.05, 4.69) is 22.1 Å². The molecule has 0 aromatic carbocycles. The van der Waals surface area contributed by atoms with E-state index in [1.165, 1.54) is 0 Å². The fourth-order valence-corrected chi connectivity index (χ4v) is 2.22. The molecule has 2 aromatic rings. The van der Waals surface area contributed by atoms with E-state index >= 15 is 0 Å². The molecule has 6 heteroatoms. The fraction of sp³-hybridized carbons (Fsp3) is 0.444. The Labute approximate surface area is 97.1 Å². The van der Waals surface area contributed by atoms with Gasteiger partial charge in [-0.2, -0.15) is 0 Å². The van der Waals surface area contributed by atoms with Gasteiger partial charge in [-0.05, 0) is 6.92 Å². The van der Waals surface area contributed by atoms with Crippen LogP contribution in [-0.2, 0) is 0 Å². The molecule has 0 bridgehead atoms. The van der Waals surface area contributed by atoms with Crippen LogP contribution in [0.4, 0.5) is 0 Å². The molecule has 0 spiro atoms. The summed E-state index contributed by atoms with van der Waals surface area (Å²) < 4.78 is 1.93. The molecule has 0 saturated heterocycles. The summed E-state index contributed by atoms with van der Waals surface area (Å²) in [5, 5.41) is 9.31. The molecule has 80 valence electrons. The number of aryl methyl sites for hydroxylation is 1. The summed E-state index contributed by atoms with van der Waals surface area (Å²) in [6.07, 6.45) is 3.62. The number of fused-ring (bicyclic) bond motifs is 1. The van der Waals surface area contributed by atoms with Crippen molar-refractivity contribution in [3.8, 4) is 0 Å². The van der Waals surface area contributed by atoms with Crippen LogP contribution in [0.2, 0.25) is 0 Å². The summed E-state index contributed by atoms with van der Waals surface area (Å²) in [7, 11) is 0. The third kappa shape index (κ3) is 2.08. The second-order valence-electron chi connectivity index (χ2n) is 3.26. The average molecular weight is 243 g/mol. The number of rotatable bonds is 3. The maximum Gasteiger partial charge on any atom is 0.193 e.